The summed E-state index contributed by atoms with van der Waals surface area (Å²) in [5.74, 6) is 1.18. The van der Waals surface area contributed by atoms with Gasteiger partial charge >= 0.3 is 0 Å². The third-order valence-corrected chi connectivity index (χ3v) is 3.25. The van der Waals surface area contributed by atoms with Gasteiger partial charge in [-0.1, -0.05) is 41.1 Å². The molecule has 0 unspecified atom stereocenters. The van der Waals surface area contributed by atoms with E-state index in [1.165, 1.54) is 0 Å². The summed E-state index contributed by atoms with van der Waals surface area (Å²) in [5.41, 5.74) is 1.16. The molecule has 2 rings (SSSR count). The Hall–Kier alpha value is -1.62. The van der Waals surface area contributed by atoms with Gasteiger partial charge in [-0.25, -0.2) is 4.98 Å². The number of benzene rings is 1. The molecule has 0 bridgehead atoms. The highest BCUT2D eigenvalue weighted by molar-refractivity contribution is 9.10. The van der Waals surface area contributed by atoms with E-state index in [0.717, 1.165) is 16.5 Å². The van der Waals surface area contributed by atoms with Crippen molar-refractivity contribution in [3.8, 4) is 5.88 Å². The zero-order valence-corrected chi connectivity index (χ0v) is 12.4. The van der Waals surface area contributed by atoms with Crippen molar-refractivity contribution in [2.45, 2.75) is 19.9 Å². The molecule has 0 amide bonds. The zero-order valence-electron chi connectivity index (χ0n) is 10.8. The van der Waals surface area contributed by atoms with Crippen LogP contribution in [-0.4, -0.2) is 16.6 Å². The fourth-order valence-corrected chi connectivity index (χ4v) is 1.96. The number of ether oxygens (including phenoxy) is 1. The van der Waals surface area contributed by atoms with E-state index < -0.39 is 0 Å². The molecule has 4 nitrogen and oxygen atoms in total. The predicted molar refractivity (Wildman–Crippen MR) is 79.3 cm³/mol. The van der Waals surface area contributed by atoms with Crippen LogP contribution in [0.3, 0.4) is 0 Å². The Morgan fingerprint density at radius 2 is 2.11 bits per heavy atom. The lowest BCUT2D eigenvalue weighted by Gasteiger charge is -2.08. The number of hydrogen-bond donors (Lipinski definition) is 1. The standard InChI is InChI=1S/C14H16BrN3O/c1-2-9-19-13-7-8-16-14(18-13)17-10-11-5-3-4-6-12(11)15/h3-8H,2,9-10H2,1H3,(H,16,17,18). The van der Waals surface area contributed by atoms with E-state index in [4.69, 9.17) is 4.74 Å². The van der Waals surface area contributed by atoms with Gasteiger partial charge in [-0.05, 0) is 18.1 Å². The van der Waals surface area contributed by atoms with E-state index in [0.29, 0.717) is 25.0 Å². The highest BCUT2D eigenvalue weighted by Gasteiger charge is 2.02. The number of nitrogens with one attached hydrogen (secondary N) is 1. The van der Waals surface area contributed by atoms with Crippen molar-refractivity contribution < 1.29 is 4.74 Å². The third-order valence-electron chi connectivity index (χ3n) is 2.48. The van der Waals surface area contributed by atoms with Crippen molar-refractivity contribution in [2.24, 2.45) is 0 Å². The fourth-order valence-electron chi connectivity index (χ4n) is 1.53. The SMILES string of the molecule is CCCOc1ccnc(NCc2ccccc2Br)n1. The van der Waals surface area contributed by atoms with Crippen LogP contribution in [0.1, 0.15) is 18.9 Å². The molecule has 0 aliphatic carbocycles. The van der Waals surface area contributed by atoms with E-state index >= 15 is 0 Å². The Kier molecular flexibility index (Phi) is 5.15. The van der Waals surface area contributed by atoms with Crippen molar-refractivity contribution in [3.05, 3.63) is 46.6 Å². The van der Waals surface area contributed by atoms with Crippen molar-refractivity contribution in [1.82, 2.24) is 9.97 Å². The van der Waals surface area contributed by atoms with E-state index in [-0.39, 0.29) is 0 Å². The van der Waals surface area contributed by atoms with Crippen LogP contribution < -0.4 is 10.1 Å². The van der Waals surface area contributed by atoms with E-state index in [2.05, 4.69) is 44.2 Å². The molecule has 0 aliphatic heterocycles. The van der Waals surface area contributed by atoms with Crippen molar-refractivity contribution in [1.29, 1.82) is 0 Å². The maximum Gasteiger partial charge on any atom is 0.226 e. The Morgan fingerprint density at radius 1 is 1.26 bits per heavy atom. The molecule has 0 fully saturated rings. The van der Waals surface area contributed by atoms with Gasteiger partial charge in [-0.2, -0.15) is 4.98 Å². The van der Waals surface area contributed by atoms with Crippen LogP contribution in [0.2, 0.25) is 0 Å². The molecule has 0 atom stereocenters. The Morgan fingerprint density at radius 3 is 2.89 bits per heavy atom. The van der Waals surface area contributed by atoms with Gasteiger partial charge in [0.25, 0.3) is 0 Å². The maximum absolute atomic E-state index is 5.47. The largest absolute Gasteiger partial charge is 0.478 e. The maximum atomic E-state index is 5.47. The van der Waals surface area contributed by atoms with Crippen molar-refractivity contribution in [2.75, 3.05) is 11.9 Å². The third kappa shape index (κ3) is 4.21. The minimum Gasteiger partial charge on any atom is -0.478 e. The van der Waals surface area contributed by atoms with Gasteiger partial charge < -0.3 is 10.1 Å². The number of anilines is 1. The van der Waals surface area contributed by atoms with Crippen LogP contribution in [0.5, 0.6) is 5.88 Å². The number of aromatic nitrogens is 2. The Bertz CT molecular complexity index is 534. The van der Waals surface area contributed by atoms with Crippen LogP contribution in [0, 0.1) is 0 Å². The summed E-state index contributed by atoms with van der Waals surface area (Å²) in [6.45, 7) is 3.40. The molecule has 0 spiro atoms. The van der Waals surface area contributed by atoms with Crippen LogP contribution in [0.15, 0.2) is 41.0 Å². The molecule has 0 saturated carbocycles. The van der Waals surface area contributed by atoms with Gasteiger partial charge in [0.2, 0.25) is 11.8 Å². The van der Waals surface area contributed by atoms with Gasteiger partial charge in [0.15, 0.2) is 0 Å². The van der Waals surface area contributed by atoms with Crippen molar-refractivity contribution >= 4 is 21.9 Å². The lowest BCUT2D eigenvalue weighted by atomic mass is 10.2. The molecule has 1 N–H and O–H groups in total. The Labute approximate surface area is 121 Å². The highest BCUT2D eigenvalue weighted by atomic mass is 79.9. The van der Waals surface area contributed by atoms with Crippen LogP contribution >= 0.6 is 15.9 Å². The zero-order chi connectivity index (χ0) is 13.5. The molecule has 0 saturated heterocycles. The molecule has 1 aromatic carbocycles. The Balaban J connectivity index is 1.98. The smallest absolute Gasteiger partial charge is 0.226 e. The first-order valence-electron chi connectivity index (χ1n) is 6.22. The average Bonchev–Trinajstić information content (AvgIpc) is 2.45. The van der Waals surface area contributed by atoms with Crippen molar-refractivity contribution in [3.63, 3.8) is 0 Å². The molecular weight excluding hydrogens is 306 g/mol. The topological polar surface area (TPSA) is 47.0 Å². The summed E-state index contributed by atoms with van der Waals surface area (Å²) in [6, 6.07) is 9.82. The first-order valence-corrected chi connectivity index (χ1v) is 7.02. The molecule has 1 aromatic heterocycles. The second-order valence-corrected chi connectivity index (χ2v) is 4.87. The molecule has 100 valence electrons. The molecule has 5 heteroatoms. The summed E-state index contributed by atoms with van der Waals surface area (Å²) >= 11 is 3.51. The van der Waals surface area contributed by atoms with E-state index in [9.17, 15) is 0 Å². The summed E-state index contributed by atoms with van der Waals surface area (Å²) in [6.07, 6.45) is 2.66. The molecular formula is C14H16BrN3O. The lowest BCUT2D eigenvalue weighted by molar-refractivity contribution is 0.305. The van der Waals surface area contributed by atoms with Gasteiger partial charge in [-0.3, -0.25) is 0 Å². The van der Waals surface area contributed by atoms with E-state index in [1.54, 1.807) is 12.3 Å². The second-order valence-electron chi connectivity index (χ2n) is 4.01. The molecule has 0 radical (unpaired) electrons. The molecule has 19 heavy (non-hydrogen) atoms. The van der Waals surface area contributed by atoms with E-state index in [1.807, 2.05) is 18.2 Å². The predicted octanol–water partition coefficient (Wildman–Crippen LogP) is 3.64. The van der Waals surface area contributed by atoms with Crippen LogP contribution in [0.4, 0.5) is 5.95 Å². The summed E-state index contributed by atoms with van der Waals surface area (Å²) < 4.78 is 6.54. The summed E-state index contributed by atoms with van der Waals surface area (Å²) in [5, 5.41) is 3.19. The van der Waals surface area contributed by atoms with Gasteiger partial charge in [0.05, 0.1) is 6.61 Å². The number of hydrogen-bond acceptors (Lipinski definition) is 4. The van der Waals surface area contributed by atoms with Crippen LogP contribution in [0.25, 0.3) is 0 Å². The summed E-state index contributed by atoms with van der Waals surface area (Å²) in [4.78, 5) is 8.47. The number of halogens is 1. The molecule has 2 aromatic rings. The summed E-state index contributed by atoms with van der Waals surface area (Å²) in [7, 11) is 0. The fraction of sp³-hybridized carbons (Fsp3) is 0.286. The molecule has 1 heterocycles. The second kappa shape index (κ2) is 7.09. The first-order chi connectivity index (χ1) is 9.29. The minimum atomic E-state index is 0.573. The van der Waals surface area contributed by atoms with Gasteiger partial charge in [-0.15, -0.1) is 0 Å². The number of nitrogens with zero attached hydrogens (tertiary/aromatic N) is 2. The van der Waals surface area contributed by atoms with Gasteiger partial charge in [0, 0.05) is 23.3 Å². The molecule has 0 aliphatic rings. The monoisotopic (exact) mass is 321 g/mol. The van der Waals surface area contributed by atoms with Gasteiger partial charge in [0.1, 0.15) is 0 Å². The average molecular weight is 322 g/mol. The quantitative estimate of drug-likeness (QED) is 0.882. The number of rotatable bonds is 6. The normalized spacial score (nSPS) is 10.2. The lowest BCUT2D eigenvalue weighted by Crippen LogP contribution is -2.05. The van der Waals surface area contributed by atoms with Crippen LogP contribution in [-0.2, 0) is 6.54 Å². The first kappa shape index (κ1) is 13.8. The highest BCUT2D eigenvalue weighted by Crippen LogP contribution is 2.17. The minimum absolute atomic E-state index is 0.573.